The van der Waals surface area contributed by atoms with Crippen molar-refractivity contribution in [1.82, 2.24) is 19.6 Å². The zero-order chi connectivity index (χ0) is 20.3. The van der Waals surface area contributed by atoms with Gasteiger partial charge in [-0.1, -0.05) is 12.1 Å². The number of nitrogens with one attached hydrogen (secondary N) is 1. The Kier molecular flexibility index (Phi) is 3.62. The van der Waals surface area contributed by atoms with E-state index in [1.165, 1.54) is 0 Å². The van der Waals surface area contributed by atoms with Gasteiger partial charge in [0, 0.05) is 28.9 Å². The molecule has 1 aromatic carbocycles. The summed E-state index contributed by atoms with van der Waals surface area (Å²) >= 11 is 0. The Morgan fingerprint density at radius 1 is 1.13 bits per heavy atom. The SMILES string of the molecule is COc1nc(NC23CCC(O)(CC2)C3)nn2ccc(-c3ccc4ncccc4c3)c12. The first-order valence-corrected chi connectivity index (χ1v) is 10.4. The van der Waals surface area contributed by atoms with Crippen LogP contribution in [-0.4, -0.2) is 42.9 Å². The molecular weight excluding hydrogens is 378 g/mol. The summed E-state index contributed by atoms with van der Waals surface area (Å²) in [5.41, 5.74) is 3.24. The van der Waals surface area contributed by atoms with E-state index >= 15 is 0 Å². The highest BCUT2D eigenvalue weighted by molar-refractivity contribution is 5.90. The molecule has 30 heavy (non-hydrogen) atoms. The minimum atomic E-state index is -0.521. The second-order valence-corrected chi connectivity index (χ2v) is 8.68. The number of hydrogen-bond donors (Lipinski definition) is 2. The summed E-state index contributed by atoms with van der Waals surface area (Å²) in [7, 11) is 1.63. The lowest BCUT2D eigenvalue weighted by Gasteiger charge is -2.27. The van der Waals surface area contributed by atoms with Gasteiger partial charge in [-0.3, -0.25) is 4.98 Å². The van der Waals surface area contributed by atoms with Gasteiger partial charge in [-0.25, -0.2) is 4.52 Å². The van der Waals surface area contributed by atoms with Crippen molar-refractivity contribution in [1.29, 1.82) is 0 Å². The topological polar surface area (TPSA) is 84.6 Å². The second kappa shape index (κ2) is 6.15. The smallest absolute Gasteiger partial charge is 0.244 e. The van der Waals surface area contributed by atoms with Crippen LogP contribution < -0.4 is 10.1 Å². The van der Waals surface area contributed by atoms with Crippen LogP contribution in [0.1, 0.15) is 32.1 Å². The van der Waals surface area contributed by atoms with Crippen LogP contribution in [0.4, 0.5) is 5.95 Å². The van der Waals surface area contributed by atoms with Crippen LogP contribution in [-0.2, 0) is 0 Å². The van der Waals surface area contributed by atoms with Crippen LogP contribution in [0, 0.1) is 0 Å². The molecule has 7 nitrogen and oxygen atoms in total. The molecule has 0 amide bonds. The number of benzene rings is 1. The molecule has 0 aliphatic heterocycles. The van der Waals surface area contributed by atoms with Crippen LogP contribution >= 0.6 is 0 Å². The van der Waals surface area contributed by atoms with Gasteiger partial charge >= 0.3 is 0 Å². The Bertz CT molecular complexity index is 1270. The van der Waals surface area contributed by atoms with Crippen molar-refractivity contribution in [3.8, 4) is 17.0 Å². The number of hydrogen-bond acceptors (Lipinski definition) is 6. The molecule has 2 fully saturated rings. The van der Waals surface area contributed by atoms with Crippen LogP contribution in [0.25, 0.3) is 27.5 Å². The van der Waals surface area contributed by atoms with Gasteiger partial charge in [-0.05, 0) is 61.9 Å². The van der Waals surface area contributed by atoms with E-state index in [-0.39, 0.29) is 5.54 Å². The molecule has 2 bridgehead atoms. The van der Waals surface area contributed by atoms with Gasteiger partial charge in [0.05, 0.1) is 18.2 Å². The average Bonchev–Trinajstić information content (AvgIpc) is 3.43. The lowest BCUT2D eigenvalue weighted by Crippen LogP contribution is -2.34. The summed E-state index contributed by atoms with van der Waals surface area (Å²) in [5.74, 6) is 1.07. The predicted molar refractivity (Wildman–Crippen MR) is 115 cm³/mol. The summed E-state index contributed by atoms with van der Waals surface area (Å²) in [4.78, 5) is 9.08. The molecule has 0 radical (unpaired) electrons. The van der Waals surface area contributed by atoms with E-state index in [2.05, 4.69) is 33.5 Å². The van der Waals surface area contributed by atoms with Crippen molar-refractivity contribution in [3.05, 3.63) is 48.8 Å². The van der Waals surface area contributed by atoms with E-state index in [0.29, 0.717) is 11.8 Å². The molecule has 2 saturated carbocycles. The summed E-state index contributed by atoms with van der Waals surface area (Å²) in [6, 6.07) is 12.3. The van der Waals surface area contributed by atoms with Gasteiger partial charge in [0.1, 0.15) is 5.52 Å². The van der Waals surface area contributed by atoms with Crippen molar-refractivity contribution in [3.63, 3.8) is 0 Å². The molecule has 2 N–H and O–H groups in total. The standard InChI is InChI=1S/C23H23N5O2/c1-30-20-19-17(15-4-5-18-16(13-15)3-2-11-24-18)6-12-28(19)27-21(25-20)26-22-7-9-23(29,14-22)10-8-22/h2-6,11-13,29H,7-10,14H2,1H3,(H,26,27). The number of fused-ring (bicyclic) bond motifs is 4. The van der Waals surface area contributed by atoms with Crippen molar-refractivity contribution in [2.24, 2.45) is 0 Å². The highest BCUT2D eigenvalue weighted by Gasteiger charge is 2.53. The first-order chi connectivity index (χ1) is 14.6. The fraction of sp³-hybridized carbons (Fsp3) is 0.348. The number of aromatic nitrogens is 4. The third-order valence-electron chi connectivity index (χ3n) is 6.77. The van der Waals surface area contributed by atoms with Crippen LogP contribution in [0.5, 0.6) is 5.88 Å². The van der Waals surface area contributed by atoms with Crippen molar-refractivity contribution < 1.29 is 9.84 Å². The Hall–Kier alpha value is -3.19. The molecule has 3 heterocycles. The Morgan fingerprint density at radius 2 is 2.00 bits per heavy atom. The van der Waals surface area contributed by atoms with Gasteiger partial charge in [-0.2, -0.15) is 4.98 Å². The predicted octanol–water partition coefficient (Wildman–Crippen LogP) is 3.81. The first-order valence-electron chi connectivity index (χ1n) is 10.4. The Balaban J connectivity index is 1.42. The van der Waals surface area contributed by atoms with Gasteiger partial charge in [0.2, 0.25) is 11.8 Å². The molecule has 7 heteroatoms. The normalized spacial score (nSPS) is 25.3. The van der Waals surface area contributed by atoms with Crippen LogP contribution in [0.2, 0.25) is 0 Å². The maximum atomic E-state index is 10.5. The molecule has 0 saturated heterocycles. The highest BCUT2D eigenvalue weighted by atomic mass is 16.5. The number of anilines is 1. The van der Waals surface area contributed by atoms with E-state index in [9.17, 15) is 5.11 Å². The summed E-state index contributed by atoms with van der Waals surface area (Å²) < 4.78 is 7.49. The lowest BCUT2D eigenvalue weighted by atomic mass is 9.93. The van der Waals surface area contributed by atoms with E-state index in [1.54, 1.807) is 13.3 Å². The molecule has 2 aliphatic carbocycles. The molecule has 0 spiro atoms. The number of pyridine rings is 1. The quantitative estimate of drug-likeness (QED) is 0.541. The second-order valence-electron chi connectivity index (χ2n) is 8.68. The molecule has 4 aromatic rings. The summed E-state index contributed by atoms with van der Waals surface area (Å²) in [5, 5.41) is 19.9. The molecule has 6 rings (SSSR count). The lowest BCUT2D eigenvalue weighted by molar-refractivity contribution is 0.0521. The van der Waals surface area contributed by atoms with E-state index in [0.717, 1.165) is 59.7 Å². The molecule has 0 unspecified atom stereocenters. The number of ether oxygens (including phenoxy) is 1. The monoisotopic (exact) mass is 401 g/mol. The molecule has 3 aromatic heterocycles. The summed E-state index contributed by atoms with van der Waals surface area (Å²) in [6.07, 6.45) is 8.05. The Morgan fingerprint density at radius 3 is 2.77 bits per heavy atom. The van der Waals surface area contributed by atoms with Crippen molar-refractivity contribution in [2.75, 3.05) is 12.4 Å². The van der Waals surface area contributed by atoms with Crippen LogP contribution in [0.3, 0.4) is 0 Å². The minimum absolute atomic E-state index is 0.116. The number of methoxy groups -OCH3 is 1. The minimum Gasteiger partial charge on any atom is -0.479 e. The molecule has 152 valence electrons. The molecular formula is C23H23N5O2. The summed E-state index contributed by atoms with van der Waals surface area (Å²) in [6.45, 7) is 0. The molecule has 0 atom stereocenters. The largest absolute Gasteiger partial charge is 0.479 e. The average molecular weight is 401 g/mol. The zero-order valence-electron chi connectivity index (χ0n) is 16.8. The van der Waals surface area contributed by atoms with E-state index < -0.39 is 5.60 Å². The third-order valence-corrected chi connectivity index (χ3v) is 6.77. The maximum absolute atomic E-state index is 10.5. The first kappa shape index (κ1) is 17.7. The highest BCUT2D eigenvalue weighted by Crippen LogP contribution is 2.51. The van der Waals surface area contributed by atoms with Crippen molar-refractivity contribution >= 4 is 22.4 Å². The number of rotatable bonds is 4. The fourth-order valence-corrected chi connectivity index (χ4v) is 5.25. The van der Waals surface area contributed by atoms with E-state index in [1.807, 2.05) is 28.9 Å². The third kappa shape index (κ3) is 2.65. The van der Waals surface area contributed by atoms with Gasteiger partial charge in [0.25, 0.3) is 0 Å². The van der Waals surface area contributed by atoms with Crippen molar-refractivity contribution in [2.45, 2.75) is 43.2 Å². The van der Waals surface area contributed by atoms with Gasteiger partial charge < -0.3 is 15.2 Å². The molecule has 2 aliphatic rings. The fourth-order valence-electron chi connectivity index (χ4n) is 5.25. The zero-order valence-corrected chi connectivity index (χ0v) is 16.8. The Labute approximate surface area is 173 Å². The van der Waals surface area contributed by atoms with E-state index in [4.69, 9.17) is 9.84 Å². The van der Waals surface area contributed by atoms with Crippen LogP contribution in [0.15, 0.2) is 48.8 Å². The number of aliphatic hydroxyl groups is 1. The number of nitrogens with zero attached hydrogens (tertiary/aromatic N) is 4. The van der Waals surface area contributed by atoms with Gasteiger partial charge in [0.15, 0.2) is 0 Å². The van der Waals surface area contributed by atoms with Gasteiger partial charge in [-0.15, -0.1) is 5.10 Å². The maximum Gasteiger partial charge on any atom is 0.244 e.